The van der Waals surface area contributed by atoms with Crippen LogP contribution in [-0.2, 0) is 17.9 Å². The molecule has 2 heterocycles. The summed E-state index contributed by atoms with van der Waals surface area (Å²) >= 11 is 0. The Bertz CT molecular complexity index is 700. The Labute approximate surface area is 175 Å². The number of hydrogen-bond acceptors (Lipinski definition) is 3. The second kappa shape index (κ2) is 10.1. The molecule has 3 rings (SSSR count). The first kappa shape index (κ1) is 21.6. The molecule has 1 aromatic rings. The van der Waals surface area contributed by atoms with E-state index in [1.54, 1.807) is 0 Å². The minimum Gasteiger partial charge on any atom is -0.357 e. The molecule has 1 aromatic carbocycles. The van der Waals surface area contributed by atoms with E-state index in [0.29, 0.717) is 31.0 Å². The fourth-order valence-electron chi connectivity index (χ4n) is 4.12. The number of rotatable bonds is 7. The van der Waals surface area contributed by atoms with E-state index in [1.807, 2.05) is 4.90 Å². The minimum atomic E-state index is 0.275. The van der Waals surface area contributed by atoms with Crippen molar-refractivity contribution in [2.45, 2.75) is 65.7 Å². The molecule has 0 radical (unpaired) electrons. The summed E-state index contributed by atoms with van der Waals surface area (Å²) in [5, 5.41) is 7.02. The van der Waals surface area contributed by atoms with Crippen LogP contribution in [0.25, 0.3) is 0 Å². The van der Waals surface area contributed by atoms with Gasteiger partial charge in [-0.1, -0.05) is 31.2 Å². The van der Waals surface area contributed by atoms with Crippen LogP contribution < -0.4 is 10.6 Å². The van der Waals surface area contributed by atoms with E-state index >= 15 is 0 Å². The highest BCUT2D eigenvalue weighted by Crippen LogP contribution is 2.19. The van der Waals surface area contributed by atoms with Gasteiger partial charge in [0.15, 0.2) is 5.96 Å². The van der Waals surface area contributed by atoms with Gasteiger partial charge in [0.2, 0.25) is 5.91 Å². The smallest absolute Gasteiger partial charge is 0.222 e. The number of hydrogen-bond donors (Lipinski definition) is 2. The van der Waals surface area contributed by atoms with Gasteiger partial charge in [-0.2, -0.15) is 0 Å². The summed E-state index contributed by atoms with van der Waals surface area (Å²) in [6.45, 7) is 14.2. The molecule has 1 amide bonds. The summed E-state index contributed by atoms with van der Waals surface area (Å²) in [5.41, 5.74) is 2.37. The van der Waals surface area contributed by atoms with Gasteiger partial charge < -0.3 is 15.5 Å². The molecule has 0 aliphatic carbocycles. The van der Waals surface area contributed by atoms with E-state index in [-0.39, 0.29) is 5.91 Å². The molecule has 2 saturated heterocycles. The van der Waals surface area contributed by atoms with Crippen LogP contribution in [0.15, 0.2) is 29.3 Å². The third kappa shape index (κ3) is 5.95. The Hall–Kier alpha value is -2.08. The molecule has 2 fully saturated rings. The number of aliphatic imine (C=N–C) groups is 1. The first-order chi connectivity index (χ1) is 14.0. The molecule has 0 spiro atoms. The lowest BCUT2D eigenvalue weighted by atomic mass is 10.1. The predicted molar refractivity (Wildman–Crippen MR) is 119 cm³/mol. The fraction of sp³-hybridized carbons (Fsp3) is 0.652. The number of carbonyl (C=O) groups is 1. The van der Waals surface area contributed by atoms with E-state index < -0.39 is 0 Å². The summed E-state index contributed by atoms with van der Waals surface area (Å²) < 4.78 is 0. The quantitative estimate of drug-likeness (QED) is 0.547. The SMILES string of the molecule is CCNC(=NCc1ccc(CN2CCCC2=O)cc1)NC1CN(C(C)C)CC1C. The van der Waals surface area contributed by atoms with E-state index in [1.165, 1.54) is 11.1 Å². The number of likely N-dealkylation sites (tertiary alicyclic amines) is 2. The Morgan fingerprint density at radius 2 is 1.93 bits per heavy atom. The van der Waals surface area contributed by atoms with Gasteiger partial charge in [0, 0.05) is 51.2 Å². The van der Waals surface area contributed by atoms with E-state index in [0.717, 1.165) is 45.1 Å². The van der Waals surface area contributed by atoms with Gasteiger partial charge >= 0.3 is 0 Å². The maximum atomic E-state index is 11.8. The Balaban J connectivity index is 1.56. The second-order valence-corrected chi connectivity index (χ2v) is 8.71. The zero-order chi connectivity index (χ0) is 20.8. The van der Waals surface area contributed by atoms with Gasteiger partial charge in [-0.15, -0.1) is 0 Å². The number of nitrogens with one attached hydrogen (secondary N) is 2. The second-order valence-electron chi connectivity index (χ2n) is 8.71. The van der Waals surface area contributed by atoms with Crippen molar-refractivity contribution in [3.8, 4) is 0 Å². The number of amides is 1. The molecule has 29 heavy (non-hydrogen) atoms. The van der Waals surface area contributed by atoms with Crippen LogP contribution in [0, 0.1) is 5.92 Å². The average molecular weight is 400 g/mol. The highest BCUT2D eigenvalue weighted by Gasteiger charge is 2.31. The van der Waals surface area contributed by atoms with Crippen LogP contribution in [0.2, 0.25) is 0 Å². The maximum absolute atomic E-state index is 11.8. The summed E-state index contributed by atoms with van der Waals surface area (Å²) in [6.07, 6.45) is 1.68. The zero-order valence-electron chi connectivity index (χ0n) is 18.4. The first-order valence-electron chi connectivity index (χ1n) is 11.1. The van der Waals surface area contributed by atoms with Crippen LogP contribution in [-0.4, -0.2) is 59.9 Å². The number of benzene rings is 1. The molecule has 2 aliphatic rings. The van der Waals surface area contributed by atoms with Crippen molar-refractivity contribution in [1.82, 2.24) is 20.4 Å². The molecule has 2 atom stereocenters. The molecular weight excluding hydrogens is 362 g/mol. The van der Waals surface area contributed by atoms with Gasteiger partial charge in [-0.05, 0) is 44.2 Å². The highest BCUT2D eigenvalue weighted by molar-refractivity contribution is 5.80. The summed E-state index contributed by atoms with van der Waals surface area (Å²) in [5.74, 6) is 1.77. The van der Waals surface area contributed by atoms with Crippen molar-refractivity contribution in [2.75, 3.05) is 26.2 Å². The molecule has 2 unspecified atom stereocenters. The number of guanidine groups is 1. The molecule has 6 nitrogen and oxygen atoms in total. The molecule has 0 saturated carbocycles. The molecule has 160 valence electrons. The minimum absolute atomic E-state index is 0.275. The van der Waals surface area contributed by atoms with E-state index in [9.17, 15) is 4.79 Å². The van der Waals surface area contributed by atoms with Crippen LogP contribution in [0.4, 0.5) is 0 Å². The fourth-order valence-corrected chi connectivity index (χ4v) is 4.12. The van der Waals surface area contributed by atoms with Gasteiger partial charge in [-0.3, -0.25) is 9.69 Å². The highest BCUT2D eigenvalue weighted by atomic mass is 16.2. The standard InChI is InChI=1S/C23H37N5O/c1-5-24-23(26-21-16-28(17(2)3)14-18(21)4)25-13-19-8-10-20(11-9-19)15-27-12-6-7-22(27)29/h8-11,17-18,21H,5-7,12-16H2,1-4H3,(H2,24,25,26). The van der Waals surface area contributed by atoms with Crippen molar-refractivity contribution in [3.63, 3.8) is 0 Å². The van der Waals surface area contributed by atoms with Crippen LogP contribution in [0.1, 0.15) is 51.7 Å². The van der Waals surface area contributed by atoms with Crippen LogP contribution in [0.3, 0.4) is 0 Å². The molecule has 0 aromatic heterocycles. The van der Waals surface area contributed by atoms with Crippen molar-refractivity contribution in [2.24, 2.45) is 10.9 Å². The van der Waals surface area contributed by atoms with E-state index in [4.69, 9.17) is 4.99 Å². The zero-order valence-corrected chi connectivity index (χ0v) is 18.4. The number of carbonyl (C=O) groups excluding carboxylic acids is 1. The Kier molecular flexibility index (Phi) is 7.53. The third-order valence-corrected chi connectivity index (χ3v) is 6.02. The van der Waals surface area contributed by atoms with E-state index in [2.05, 4.69) is 67.5 Å². The van der Waals surface area contributed by atoms with Crippen molar-refractivity contribution < 1.29 is 4.79 Å². The largest absolute Gasteiger partial charge is 0.357 e. The van der Waals surface area contributed by atoms with Crippen LogP contribution >= 0.6 is 0 Å². The molecule has 2 N–H and O–H groups in total. The van der Waals surface area contributed by atoms with Gasteiger partial charge in [0.05, 0.1) is 6.54 Å². The maximum Gasteiger partial charge on any atom is 0.222 e. The van der Waals surface area contributed by atoms with Crippen LogP contribution in [0.5, 0.6) is 0 Å². The van der Waals surface area contributed by atoms with Crippen molar-refractivity contribution in [3.05, 3.63) is 35.4 Å². The Morgan fingerprint density at radius 3 is 2.52 bits per heavy atom. The summed E-state index contributed by atoms with van der Waals surface area (Å²) in [7, 11) is 0. The molecule has 2 aliphatic heterocycles. The number of nitrogens with zero attached hydrogens (tertiary/aromatic N) is 3. The summed E-state index contributed by atoms with van der Waals surface area (Å²) in [4.78, 5) is 21.1. The monoisotopic (exact) mass is 399 g/mol. The first-order valence-corrected chi connectivity index (χ1v) is 11.1. The molecule has 6 heteroatoms. The molecular formula is C23H37N5O. The van der Waals surface area contributed by atoms with Crippen molar-refractivity contribution >= 4 is 11.9 Å². The van der Waals surface area contributed by atoms with Crippen molar-refractivity contribution in [1.29, 1.82) is 0 Å². The predicted octanol–water partition coefficient (Wildman–Crippen LogP) is 2.59. The lowest BCUT2D eigenvalue weighted by molar-refractivity contribution is -0.128. The lowest BCUT2D eigenvalue weighted by Gasteiger charge is -2.22. The van der Waals surface area contributed by atoms with Gasteiger partial charge in [0.1, 0.15) is 0 Å². The lowest BCUT2D eigenvalue weighted by Crippen LogP contribution is -2.46. The Morgan fingerprint density at radius 1 is 1.21 bits per heavy atom. The topological polar surface area (TPSA) is 60.0 Å². The van der Waals surface area contributed by atoms with Gasteiger partial charge in [0.25, 0.3) is 0 Å². The normalized spacial score (nSPS) is 23.3. The van der Waals surface area contributed by atoms with Gasteiger partial charge in [-0.25, -0.2) is 4.99 Å². The summed E-state index contributed by atoms with van der Waals surface area (Å²) in [6, 6.07) is 9.50. The average Bonchev–Trinajstić information content (AvgIpc) is 3.27. The third-order valence-electron chi connectivity index (χ3n) is 6.02. The molecule has 0 bridgehead atoms.